The fourth-order valence-corrected chi connectivity index (χ4v) is 4.40. The second-order valence-electron chi connectivity index (χ2n) is 7.88. The number of carbonyl (C=O) groups is 1. The van der Waals surface area contributed by atoms with E-state index in [1.54, 1.807) is 6.07 Å². The van der Waals surface area contributed by atoms with Gasteiger partial charge >= 0.3 is 6.18 Å². The summed E-state index contributed by atoms with van der Waals surface area (Å²) in [7, 11) is 0. The highest BCUT2D eigenvalue weighted by molar-refractivity contribution is 5.91. The Balaban J connectivity index is 1.58. The van der Waals surface area contributed by atoms with Gasteiger partial charge in [-0.25, -0.2) is 0 Å². The number of hydrogen-bond acceptors (Lipinski definition) is 2. The van der Waals surface area contributed by atoms with Crippen molar-refractivity contribution in [2.75, 3.05) is 19.6 Å². The second-order valence-corrected chi connectivity index (χ2v) is 7.88. The third-order valence-electron chi connectivity index (χ3n) is 6.16. The molecule has 1 aliphatic heterocycles. The third kappa shape index (κ3) is 3.30. The summed E-state index contributed by atoms with van der Waals surface area (Å²) in [6, 6.07) is 15.2. The highest BCUT2D eigenvalue weighted by Crippen LogP contribution is 2.51. The molecule has 2 aromatic carbocycles. The number of hydrogen-bond donors (Lipinski definition) is 1. The van der Waals surface area contributed by atoms with Gasteiger partial charge in [-0.1, -0.05) is 48.5 Å². The molecule has 1 amide bonds. The molecule has 0 bridgehead atoms. The minimum atomic E-state index is -4.41. The summed E-state index contributed by atoms with van der Waals surface area (Å²) in [6.07, 6.45) is -3.23. The van der Waals surface area contributed by atoms with Gasteiger partial charge < -0.3 is 10.6 Å². The summed E-state index contributed by atoms with van der Waals surface area (Å²) in [5, 5.41) is 0. The van der Waals surface area contributed by atoms with Gasteiger partial charge in [0.25, 0.3) is 0 Å². The van der Waals surface area contributed by atoms with E-state index in [0.29, 0.717) is 38.0 Å². The predicted molar refractivity (Wildman–Crippen MR) is 101 cm³/mol. The van der Waals surface area contributed by atoms with Crippen LogP contribution in [0, 0.1) is 5.92 Å². The Kier molecular flexibility index (Phi) is 4.70. The summed E-state index contributed by atoms with van der Waals surface area (Å²) < 4.78 is 39.3. The lowest BCUT2D eigenvalue weighted by Gasteiger charge is -2.24. The van der Waals surface area contributed by atoms with Crippen LogP contribution < -0.4 is 5.73 Å². The number of amides is 1. The van der Waals surface area contributed by atoms with Crippen molar-refractivity contribution in [2.24, 2.45) is 11.7 Å². The minimum Gasteiger partial charge on any atom is -0.341 e. The summed E-state index contributed by atoms with van der Waals surface area (Å²) in [6.45, 7) is 1.58. The molecule has 3 nitrogen and oxygen atoms in total. The van der Waals surface area contributed by atoms with E-state index in [9.17, 15) is 18.0 Å². The van der Waals surface area contributed by atoms with Crippen molar-refractivity contribution >= 4 is 5.91 Å². The standard InChI is InChI=1S/C22H23F3N2O/c23-22(24,25)18-8-4-7-17(11-18)21(9-10-21)20(28)27-13-16(12-26)19(14-27)15-5-2-1-3-6-15/h1-8,11,16,19H,9-10,12-14,26H2/t16-,19+/m1/s1. The number of nitrogens with two attached hydrogens (primary N) is 1. The Morgan fingerprint density at radius 2 is 1.79 bits per heavy atom. The monoisotopic (exact) mass is 388 g/mol. The molecule has 0 unspecified atom stereocenters. The van der Waals surface area contributed by atoms with Gasteiger partial charge in [0.15, 0.2) is 0 Å². The van der Waals surface area contributed by atoms with Crippen LogP contribution >= 0.6 is 0 Å². The number of rotatable bonds is 4. The van der Waals surface area contributed by atoms with Crippen LogP contribution in [-0.2, 0) is 16.4 Å². The molecule has 0 spiro atoms. The predicted octanol–water partition coefficient (Wildman–Crippen LogP) is 3.94. The van der Waals surface area contributed by atoms with Crippen molar-refractivity contribution < 1.29 is 18.0 Å². The van der Waals surface area contributed by atoms with Gasteiger partial charge in [-0.2, -0.15) is 13.2 Å². The van der Waals surface area contributed by atoms with Gasteiger partial charge in [0.1, 0.15) is 0 Å². The van der Waals surface area contributed by atoms with Crippen LogP contribution in [0.3, 0.4) is 0 Å². The number of alkyl halides is 3. The molecule has 6 heteroatoms. The first kappa shape index (κ1) is 19.0. The van der Waals surface area contributed by atoms with Crippen molar-refractivity contribution in [1.82, 2.24) is 4.90 Å². The van der Waals surface area contributed by atoms with Gasteiger partial charge in [-0.05, 0) is 42.5 Å². The normalized spacial score (nSPS) is 23.6. The van der Waals surface area contributed by atoms with E-state index in [4.69, 9.17) is 5.73 Å². The van der Waals surface area contributed by atoms with E-state index >= 15 is 0 Å². The topological polar surface area (TPSA) is 46.3 Å². The molecule has 2 atom stereocenters. The average molecular weight is 388 g/mol. The molecule has 2 aliphatic rings. The first-order valence-corrected chi connectivity index (χ1v) is 9.57. The van der Waals surface area contributed by atoms with E-state index in [2.05, 4.69) is 0 Å². The summed E-state index contributed by atoms with van der Waals surface area (Å²) in [5.41, 5.74) is 6.07. The maximum atomic E-state index is 13.3. The Bertz CT molecular complexity index is 862. The van der Waals surface area contributed by atoms with Gasteiger partial charge in [0.2, 0.25) is 5.91 Å². The van der Waals surface area contributed by atoms with Crippen molar-refractivity contribution in [1.29, 1.82) is 0 Å². The molecule has 1 saturated heterocycles. The molecule has 2 aromatic rings. The number of carbonyl (C=O) groups excluding carboxylic acids is 1. The molecule has 1 aliphatic carbocycles. The quantitative estimate of drug-likeness (QED) is 0.863. The van der Waals surface area contributed by atoms with Crippen LogP contribution in [-0.4, -0.2) is 30.4 Å². The highest BCUT2D eigenvalue weighted by atomic mass is 19.4. The number of halogens is 3. The number of nitrogens with zero attached hydrogens (tertiary/aromatic N) is 1. The van der Waals surface area contributed by atoms with E-state index in [1.807, 2.05) is 35.2 Å². The third-order valence-corrected chi connectivity index (χ3v) is 6.16. The molecule has 148 valence electrons. The lowest BCUT2D eigenvalue weighted by molar-refractivity contribution is -0.138. The van der Waals surface area contributed by atoms with Gasteiger partial charge in [0, 0.05) is 19.0 Å². The molecule has 1 saturated carbocycles. The van der Waals surface area contributed by atoms with E-state index in [0.717, 1.165) is 17.7 Å². The van der Waals surface area contributed by atoms with Crippen LogP contribution in [0.2, 0.25) is 0 Å². The molecule has 2 N–H and O–H groups in total. The molecule has 0 radical (unpaired) electrons. The molecular formula is C22H23F3N2O. The first-order chi connectivity index (χ1) is 13.3. The highest BCUT2D eigenvalue weighted by Gasteiger charge is 2.55. The number of benzene rings is 2. The van der Waals surface area contributed by atoms with Gasteiger partial charge in [-0.3, -0.25) is 4.79 Å². The van der Waals surface area contributed by atoms with Crippen LogP contribution in [0.4, 0.5) is 13.2 Å². The molecule has 4 rings (SSSR count). The maximum absolute atomic E-state index is 13.3. The van der Waals surface area contributed by atoms with Crippen molar-refractivity contribution in [3.63, 3.8) is 0 Å². The molecule has 28 heavy (non-hydrogen) atoms. The van der Waals surface area contributed by atoms with Gasteiger partial charge in [-0.15, -0.1) is 0 Å². The van der Waals surface area contributed by atoms with Crippen LogP contribution in [0.15, 0.2) is 54.6 Å². The van der Waals surface area contributed by atoms with Crippen molar-refractivity contribution in [2.45, 2.75) is 30.4 Å². The lowest BCUT2D eigenvalue weighted by atomic mass is 9.89. The fourth-order valence-electron chi connectivity index (χ4n) is 4.40. The maximum Gasteiger partial charge on any atom is 0.416 e. The zero-order chi connectivity index (χ0) is 19.9. The molecular weight excluding hydrogens is 365 g/mol. The Morgan fingerprint density at radius 1 is 1.07 bits per heavy atom. The Morgan fingerprint density at radius 3 is 2.39 bits per heavy atom. The Labute approximate surface area is 162 Å². The average Bonchev–Trinajstić information content (AvgIpc) is 3.40. The zero-order valence-electron chi connectivity index (χ0n) is 15.5. The van der Waals surface area contributed by atoms with E-state index < -0.39 is 17.2 Å². The first-order valence-electron chi connectivity index (χ1n) is 9.57. The summed E-state index contributed by atoms with van der Waals surface area (Å²) >= 11 is 0. The molecule has 2 fully saturated rings. The second kappa shape index (κ2) is 6.92. The smallest absolute Gasteiger partial charge is 0.341 e. The largest absolute Gasteiger partial charge is 0.416 e. The Hall–Kier alpha value is -2.34. The van der Waals surface area contributed by atoms with Crippen LogP contribution in [0.5, 0.6) is 0 Å². The van der Waals surface area contributed by atoms with Crippen molar-refractivity contribution in [3.05, 3.63) is 71.3 Å². The minimum absolute atomic E-state index is 0.0660. The molecule has 0 aromatic heterocycles. The molecule has 1 heterocycles. The number of likely N-dealkylation sites (tertiary alicyclic amines) is 1. The SMILES string of the molecule is NC[C@@H]1CN(C(=O)C2(c3cccc(C(F)(F)F)c3)CC2)C[C@H]1c1ccccc1. The summed E-state index contributed by atoms with van der Waals surface area (Å²) in [4.78, 5) is 15.1. The summed E-state index contributed by atoms with van der Waals surface area (Å²) in [5.74, 6) is 0.250. The fraction of sp³-hybridized carbons (Fsp3) is 0.409. The van der Waals surface area contributed by atoms with Gasteiger partial charge in [0.05, 0.1) is 11.0 Å². The van der Waals surface area contributed by atoms with Crippen LogP contribution in [0.25, 0.3) is 0 Å². The van der Waals surface area contributed by atoms with E-state index in [-0.39, 0.29) is 17.7 Å². The van der Waals surface area contributed by atoms with Crippen LogP contribution in [0.1, 0.15) is 35.4 Å². The van der Waals surface area contributed by atoms with E-state index in [1.165, 1.54) is 6.07 Å². The zero-order valence-corrected chi connectivity index (χ0v) is 15.5. The lowest BCUT2D eigenvalue weighted by Crippen LogP contribution is -2.38. The van der Waals surface area contributed by atoms with Crippen molar-refractivity contribution in [3.8, 4) is 0 Å².